The topological polar surface area (TPSA) is 58.6 Å². The molecule has 1 amide bonds. The van der Waals surface area contributed by atoms with Crippen molar-refractivity contribution in [2.75, 3.05) is 20.3 Å². The number of aliphatic hydroxyl groups is 1. The van der Waals surface area contributed by atoms with Crippen molar-refractivity contribution in [1.82, 2.24) is 5.32 Å². The average molecular weight is 243 g/mol. The summed E-state index contributed by atoms with van der Waals surface area (Å²) in [4.78, 5) is 11.8. The van der Waals surface area contributed by atoms with Gasteiger partial charge in [0.05, 0.1) is 18.6 Å². The molecule has 4 heteroatoms. The first kappa shape index (κ1) is 14.5. The SMILES string of the molecule is COC(C)(C)CC(=O)NCC1(CO)CCCC1. The van der Waals surface area contributed by atoms with Crippen molar-refractivity contribution in [3.63, 3.8) is 0 Å². The minimum absolute atomic E-state index is 0.00317. The van der Waals surface area contributed by atoms with Gasteiger partial charge in [-0.25, -0.2) is 0 Å². The first-order chi connectivity index (χ1) is 7.93. The molecule has 0 saturated heterocycles. The van der Waals surface area contributed by atoms with Crippen LogP contribution in [0.2, 0.25) is 0 Å². The standard InChI is InChI=1S/C13H25NO3/c1-12(2,17-3)8-11(16)14-9-13(10-15)6-4-5-7-13/h15H,4-10H2,1-3H3,(H,14,16). The largest absolute Gasteiger partial charge is 0.396 e. The van der Waals surface area contributed by atoms with Gasteiger partial charge in [-0.1, -0.05) is 12.8 Å². The van der Waals surface area contributed by atoms with Crippen molar-refractivity contribution >= 4 is 5.91 Å². The van der Waals surface area contributed by atoms with Gasteiger partial charge in [-0.2, -0.15) is 0 Å². The van der Waals surface area contributed by atoms with Crippen LogP contribution < -0.4 is 5.32 Å². The molecule has 1 rings (SSSR count). The maximum absolute atomic E-state index is 11.8. The van der Waals surface area contributed by atoms with Gasteiger partial charge >= 0.3 is 0 Å². The van der Waals surface area contributed by atoms with Crippen LogP contribution in [0.1, 0.15) is 46.0 Å². The van der Waals surface area contributed by atoms with Crippen LogP contribution in [0.5, 0.6) is 0 Å². The van der Waals surface area contributed by atoms with Crippen molar-refractivity contribution in [1.29, 1.82) is 0 Å². The number of hydrogen-bond donors (Lipinski definition) is 2. The normalized spacial score (nSPS) is 19.3. The lowest BCUT2D eigenvalue weighted by Crippen LogP contribution is -2.41. The van der Waals surface area contributed by atoms with Crippen molar-refractivity contribution in [2.45, 2.75) is 51.6 Å². The highest BCUT2D eigenvalue weighted by Crippen LogP contribution is 2.36. The van der Waals surface area contributed by atoms with E-state index in [1.54, 1.807) is 7.11 Å². The van der Waals surface area contributed by atoms with Crippen LogP contribution in [0.15, 0.2) is 0 Å². The van der Waals surface area contributed by atoms with E-state index in [1.165, 1.54) is 0 Å². The van der Waals surface area contributed by atoms with Gasteiger partial charge in [-0.05, 0) is 26.7 Å². The van der Waals surface area contributed by atoms with Crippen LogP contribution in [-0.2, 0) is 9.53 Å². The van der Waals surface area contributed by atoms with Crippen LogP contribution in [0.4, 0.5) is 0 Å². The first-order valence-corrected chi connectivity index (χ1v) is 6.36. The second kappa shape index (κ2) is 5.83. The average Bonchev–Trinajstić information content (AvgIpc) is 2.75. The Morgan fingerprint density at radius 1 is 1.41 bits per heavy atom. The molecule has 1 aliphatic rings. The first-order valence-electron chi connectivity index (χ1n) is 6.36. The van der Waals surface area contributed by atoms with Gasteiger partial charge in [0.1, 0.15) is 0 Å². The molecule has 1 fully saturated rings. The lowest BCUT2D eigenvalue weighted by molar-refractivity contribution is -0.126. The van der Waals surface area contributed by atoms with Gasteiger partial charge in [-0.15, -0.1) is 0 Å². The highest BCUT2D eigenvalue weighted by molar-refractivity contribution is 5.76. The lowest BCUT2D eigenvalue weighted by atomic mass is 9.87. The monoisotopic (exact) mass is 243 g/mol. The van der Waals surface area contributed by atoms with E-state index in [1.807, 2.05) is 13.8 Å². The minimum Gasteiger partial charge on any atom is -0.396 e. The molecule has 0 aliphatic heterocycles. The summed E-state index contributed by atoms with van der Waals surface area (Å²) in [6.07, 6.45) is 4.68. The number of hydrogen-bond acceptors (Lipinski definition) is 3. The van der Waals surface area contributed by atoms with Crippen LogP contribution in [0.25, 0.3) is 0 Å². The fourth-order valence-electron chi connectivity index (χ4n) is 2.32. The van der Waals surface area contributed by atoms with Crippen molar-refractivity contribution < 1.29 is 14.6 Å². The molecule has 0 spiro atoms. The molecule has 1 saturated carbocycles. The van der Waals surface area contributed by atoms with Gasteiger partial charge in [0.15, 0.2) is 0 Å². The van der Waals surface area contributed by atoms with Crippen molar-refractivity contribution in [3.05, 3.63) is 0 Å². The summed E-state index contributed by atoms with van der Waals surface area (Å²) in [5, 5.41) is 12.4. The molecule has 100 valence electrons. The highest BCUT2D eigenvalue weighted by Gasteiger charge is 2.33. The molecule has 0 aromatic heterocycles. The van der Waals surface area contributed by atoms with Gasteiger partial charge in [0.25, 0.3) is 0 Å². The van der Waals surface area contributed by atoms with Crippen LogP contribution in [0.3, 0.4) is 0 Å². The summed E-state index contributed by atoms with van der Waals surface area (Å²) < 4.78 is 5.22. The Balaban J connectivity index is 2.37. The van der Waals surface area contributed by atoms with Gasteiger partial charge in [-0.3, -0.25) is 4.79 Å². The lowest BCUT2D eigenvalue weighted by Gasteiger charge is -2.28. The summed E-state index contributed by atoms with van der Waals surface area (Å²) >= 11 is 0. The number of aliphatic hydroxyl groups excluding tert-OH is 1. The summed E-state index contributed by atoms with van der Waals surface area (Å²) in [6.45, 7) is 4.54. The molecule has 0 bridgehead atoms. The fraction of sp³-hybridized carbons (Fsp3) is 0.923. The number of amides is 1. The van der Waals surface area contributed by atoms with E-state index in [2.05, 4.69) is 5.32 Å². The molecule has 17 heavy (non-hydrogen) atoms. The fourth-order valence-corrected chi connectivity index (χ4v) is 2.32. The number of rotatable bonds is 6. The Hall–Kier alpha value is -0.610. The van der Waals surface area contributed by atoms with Crippen LogP contribution in [-0.4, -0.2) is 36.9 Å². The third-order valence-corrected chi connectivity index (χ3v) is 3.80. The summed E-state index contributed by atoms with van der Waals surface area (Å²) in [5.74, 6) is -0.00317. The van der Waals surface area contributed by atoms with E-state index in [0.29, 0.717) is 13.0 Å². The Morgan fingerprint density at radius 2 is 2.00 bits per heavy atom. The summed E-state index contributed by atoms with van der Waals surface area (Å²) in [6, 6.07) is 0. The molecular formula is C13H25NO3. The molecule has 0 aromatic carbocycles. The Labute approximate surface area is 104 Å². The quantitative estimate of drug-likeness (QED) is 0.742. The maximum atomic E-state index is 11.8. The van der Waals surface area contributed by atoms with Gasteiger partial charge in [0, 0.05) is 19.1 Å². The number of carbonyl (C=O) groups excluding carboxylic acids is 1. The van der Waals surface area contributed by atoms with Crippen molar-refractivity contribution in [2.24, 2.45) is 5.41 Å². The summed E-state index contributed by atoms with van der Waals surface area (Å²) in [7, 11) is 1.61. The van der Waals surface area contributed by atoms with Crippen LogP contribution >= 0.6 is 0 Å². The summed E-state index contributed by atoms with van der Waals surface area (Å²) in [5.41, 5.74) is -0.501. The Morgan fingerprint density at radius 3 is 2.47 bits per heavy atom. The van der Waals surface area contributed by atoms with Crippen molar-refractivity contribution in [3.8, 4) is 0 Å². The van der Waals surface area contributed by atoms with E-state index < -0.39 is 5.60 Å². The molecular weight excluding hydrogens is 218 g/mol. The molecule has 0 unspecified atom stereocenters. The molecule has 0 heterocycles. The third-order valence-electron chi connectivity index (χ3n) is 3.80. The molecule has 1 aliphatic carbocycles. The van der Waals surface area contributed by atoms with Gasteiger partial charge < -0.3 is 15.2 Å². The molecule has 0 radical (unpaired) electrons. The third kappa shape index (κ3) is 4.28. The predicted molar refractivity (Wildman–Crippen MR) is 66.7 cm³/mol. The molecule has 2 N–H and O–H groups in total. The number of carbonyl (C=O) groups is 1. The zero-order valence-corrected chi connectivity index (χ0v) is 11.2. The predicted octanol–water partition coefficient (Wildman–Crippen LogP) is 1.47. The zero-order chi connectivity index (χ0) is 12.9. The number of ether oxygens (including phenoxy) is 1. The van der Waals surface area contributed by atoms with E-state index in [0.717, 1.165) is 25.7 Å². The Bertz CT molecular complexity index is 257. The minimum atomic E-state index is -0.424. The Kier molecular flexibility index (Phi) is 4.95. The maximum Gasteiger partial charge on any atom is 0.222 e. The number of methoxy groups -OCH3 is 1. The van der Waals surface area contributed by atoms with E-state index in [9.17, 15) is 9.90 Å². The smallest absolute Gasteiger partial charge is 0.222 e. The molecule has 4 nitrogen and oxygen atoms in total. The number of nitrogens with one attached hydrogen (secondary N) is 1. The highest BCUT2D eigenvalue weighted by atomic mass is 16.5. The molecule has 0 aromatic rings. The second-order valence-electron chi connectivity index (χ2n) is 5.78. The second-order valence-corrected chi connectivity index (χ2v) is 5.78. The zero-order valence-electron chi connectivity index (χ0n) is 11.2. The van der Waals surface area contributed by atoms with E-state index >= 15 is 0 Å². The van der Waals surface area contributed by atoms with E-state index in [-0.39, 0.29) is 17.9 Å². The molecule has 0 atom stereocenters. The van der Waals surface area contributed by atoms with Crippen LogP contribution in [0, 0.1) is 5.41 Å². The van der Waals surface area contributed by atoms with E-state index in [4.69, 9.17) is 4.74 Å². The van der Waals surface area contributed by atoms with Gasteiger partial charge in [0.2, 0.25) is 5.91 Å².